The number of nitrogens with two attached hydrogens (primary N) is 1. The van der Waals surface area contributed by atoms with E-state index in [4.69, 9.17) is 5.73 Å². The minimum absolute atomic E-state index is 0.0548. The van der Waals surface area contributed by atoms with E-state index in [1.54, 1.807) is 6.20 Å². The lowest BCUT2D eigenvalue weighted by atomic mass is 10.0. The summed E-state index contributed by atoms with van der Waals surface area (Å²) in [6.45, 7) is 9.75. The number of carbonyl (C=O) groups excluding carboxylic acids is 2. The van der Waals surface area contributed by atoms with Gasteiger partial charge < -0.3 is 11.1 Å². The number of rotatable bonds is 7. The van der Waals surface area contributed by atoms with Crippen LogP contribution >= 0.6 is 0 Å². The molecule has 0 radical (unpaired) electrons. The van der Waals surface area contributed by atoms with Crippen molar-refractivity contribution in [2.75, 3.05) is 0 Å². The Kier molecular flexibility index (Phi) is 5.93. The van der Waals surface area contributed by atoms with E-state index in [0.29, 0.717) is 5.56 Å². The molecule has 2 amide bonds. The van der Waals surface area contributed by atoms with Gasteiger partial charge in [0.2, 0.25) is 5.91 Å². The number of aromatic nitrogens is 2. The third-order valence-electron chi connectivity index (χ3n) is 3.84. The Balaban J connectivity index is 2.96. The van der Waals surface area contributed by atoms with E-state index < -0.39 is 11.9 Å². The van der Waals surface area contributed by atoms with Crippen LogP contribution in [0.15, 0.2) is 6.20 Å². The molecular formula is C15H26N4O2. The fraction of sp³-hybridized carbons (Fsp3) is 0.667. The van der Waals surface area contributed by atoms with Crippen molar-refractivity contribution in [3.05, 3.63) is 17.5 Å². The molecule has 1 unspecified atom stereocenters. The van der Waals surface area contributed by atoms with Gasteiger partial charge in [-0.2, -0.15) is 5.10 Å². The summed E-state index contributed by atoms with van der Waals surface area (Å²) in [5, 5.41) is 7.01. The summed E-state index contributed by atoms with van der Waals surface area (Å²) in [4.78, 5) is 23.7. The maximum atomic E-state index is 12.3. The van der Waals surface area contributed by atoms with E-state index in [-0.39, 0.29) is 17.9 Å². The Labute approximate surface area is 126 Å². The Morgan fingerprint density at radius 3 is 2.33 bits per heavy atom. The molecule has 1 aromatic heterocycles. The van der Waals surface area contributed by atoms with Crippen LogP contribution in [0.3, 0.4) is 0 Å². The topological polar surface area (TPSA) is 90.0 Å². The number of nitrogens with one attached hydrogen (secondary N) is 1. The molecule has 6 nitrogen and oxygen atoms in total. The van der Waals surface area contributed by atoms with Crippen LogP contribution in [-0.2, 0) is 4.79 Å². The number of hydrogen-bond donors (Lipinski definition) is 2. The maximum absolute atomic E-state index is 12.3. The molecular weight excluding hydrogens is 268 g/mol. The van der Waals surface area contributed by atoms with E-state index in [1.807, 2.05) is 25.5 Å². The summed E-state index contributed by atoms with van der Waals surface area (Å²) in [5.41, 5.74) is 6.63. The minimum atomic E-state index is -0.673. The summed E-state index contributed by atoms with van der Waals surface area (Å²) >= 11 is 0. The Bertz CT molecular complexity index is 504. The Morgan fingerprint density at radius 1 is 1.33 bits per heavy atom. The third kappa shape index (κ3) is 3.83. The molecule has 1 atom stereocenters. The first-order chi connectivity index (χ1) is 9.83. The number of carbonyl (C=O) groups is 2. The quantitative estimate of drug-likeness (QED) is 0.803. The second kappa shape index (κ2) is 7.24. The molecule has 0 fully saturated rings. The smallest absolute Gasteiger partial charge is 0.255 e. The third-order valence-corrected chi connectivity index (χ3v) is 3.84. The van der Waals surface area contributed by atoms with Crippen LogP contribution in [-0.4, -0.2) is 27.6 Å². The molecule has 1 rings (SSSR count). The van der Waals surface area contributed by atoms with Crippen LogP contribution in [0.2, 0.25) is 0 Å². The predicted octanol–water partition coefficient (Wildman–Crippen LogP) is 1.79. The van der Waals surface area contributed by atoms with Gasteiger partial charge in [-0.05, 0) is 25.7 Å². The van der Waals surface area contributed by atoms with Crippen molar-refractivity contribution >= 4 is 11.8 Å². The van der Waals surface area contributed by atoms with Crippen LogP contribution < -0.4 is 11.1 Å². The van der Waals surface area contributed by atoms with Crippen LogP contribution in [0.4, 0.5) is 0 Å². The maximum Gasteiger partial charge on any atom is 0.255 e. The van der Waals surface area contributed by atoms with E-state index in [0.717, 1.165) is 18.5 Å². The van der Waals surface area contributed by atoms with Crippen molar-refractivity contribution in [2.45, 2.75) is 59.5 Å². The van der Waals surface area contributed by atoms with Gasteiger partial charge in [0.05, 0.1) is 17.8 Å². The van der Waals surface area contributed by atoms with Gasteiger partial charge in [-0.25, -0.2) is 0 Å². The van der Waals surface area contributed by atoms with Crippen molar-refractivity contribution in [3.8, 4) is 0 Å². The molecule has 0 aromatic carbocycles. The number of amides is 2. The monoisotopic (exact) mass is 294 g/mol. The molecule has 0 bridgehead atoms. The van der Waals surface area contributed by atoms with E-state index in [2.05, 4.69) is 24.3 Å². The SMILES string of the molecule is CCC(CC)n1ncc(C(=O)NC(C(N)=O)C(C)C)c1C. The molecule has 118 valence electrons. The van der Waals surface area contributed by atoms with Gasteiger partial charge >= 0.3 is 0 Å². The molecule has 0 aliphatic rings. The zero-order chi connectivity index (χ0) is 16.2. The lowest BCUT2D eigenvalue weighted by molar-refractivity contribution is -0.120. The standard InChI is InChI=1S/C15H26N4O2/c1-6-11(7-2)19-10(5)12(8-17-19)15(21)18-13(9(3)4)14(16)20/h8-9,11,13H,6-7H2,1-5H3,(H2,16,20)(H,18,21). The van der Waals surface area contributed by atoms with Crippen molar-refractivity contribution in [1.29, 1.82) is 0 Å². The fourth-order valence-corrected chi connectivity index (χ4v) is 2.43. The summed E-state index contributed by atoms with van der Waals surface area (Å²) < 4.78 is 1.88. The van der Waals surface area contributed by atoms with Gasteiger partial charge in [-0.15, -0.1) is 0 Å². The molecule has 1 aromatic rings. The average molecular weight is 294 g/mol. The van der Waals surface area contributed by atoms with Crippen LogP contribution in [0.5, 0.6) is 0 Å². The average Bonchev–Trinajstić information content (AvgIpc) is 2.79. The zero-order valence-corrected chi connectivity index (χ0v) is 13.5. The Hall–Kier alpha value is -1.85. The summed E-state index contributed by atoms with van der Waals surface area (Å²) in [7, 11) is 0. The highest BCUT2D eigenvalue weighted by atomic mass is 16.2. The number of nitrogens with zero attached hydrogens (tertiary/aromatic N) is 2. The van der Waals surface area contributed by atoms with Crippen molar-refractivity contribution in [2.24, 2.45) is 11.7 Å². The molecule has 0 aliphatic carbocycles. The van der Waals surface area contributed by atoms with Crippen LogP contribution in [0.1, 0.15) is 62.6 Å². The molecule has 0 aliphatic heterocycles. The predicted molar refractivity (Wildman–Crippen MR) is 81.9 cm³/mol. The van der Waals surface area contributed by atoms with Crippen molar-refractivity contribution < 1.29 is 9.59 Å². The highest BCUT2D eigenvalue weighted by molar-refractivity contribution is 5.98. The molecule has 6 heteroatoms. The van der Waals surface area contributed by atoms with Gasteiger partial charge in [0.25, 0.3) is 5.91 Å². The highest BCUT2D eigenvalue weighted by Gasteiger charge is 2.24. The summed E-state index contributed by atoms with van der Waals surface area (Å²) in [5.74, 6) is -0.883. The fourth-order valence-electron chi connectivity index (χ4n) is 2.43. The van der Waals surface area contributed by atoms with Crippen LogP contribution in [0, 0.1) is 12.8 Å². The van der Waals surface area contributed by atoms with Gasteiger partial charge in [0.15, 0.2) is 0 Å². The largest absolute Gasteiger partial charge is 0.368 e. The van der Waals surface area contributed by atoms with Crippen molar-refractivity contribution in [3.63, 3.8) is 0 Å². The highest BCUT2D eigenvalue weighted by Crippen LogP contribution is 2.19. The van der Waals surface area contributed by atoms with Gasteiger partial charge in [-0.3, -0.25) is 14.3 Å². The summed E-state index contributed by atoms with van der Waals surface area (Å²) in [6, 6.07) is -0.392. The van der Waals surface area contributed by atoms with Gasteiger partial charge in [0, 0.05) is 5.69 Å². The van der Waals surface area contributed by atoms with E-state index in [9.17, 15) is 9.59 Å². The zero-order valence-electron chi connectivity index (χ0n) is 13.5. The normalized spacial score (nSPS) is 12.7. The van der Waals surface area contributed by atoms with Crippen molar-refractivity contribution in [1.82, 2.24) is 15.1 Å². The molecule has 0 spiro atoms. The number of hydrogen-bond acceptors (Lipinski definition) is 3. The second-order valence-corrected chi connectivity index (χ2v) is 5.66. The van der Waals surface area contributed by atoms with Crippen LogP contribution in [0.25, 0.3) is 0 Å². The second-order valence-electron chi connectivity index (χ2n) is 5.66. The molecule has 3 N–H and O–H groups in total. The minimum Gasteiger partial charge on any atom is -0.368 e. The van der Waals surface area contributed by atoms with E-state index in [1.165, 1.54) is 0 Å². The first-order valence-electron chi connectivity index (χ1n) is 7.47. The molecule has 0 saturated carbocycles. The van der Waals surface area contributed by atoms with E-state index >= 15 is 0 Å². The molecule has 1 heterocycles. The van der Waals surface area contributed by atoms with Gasteiger partial charge in [-0.1, -0.05) is 27.7 Å². The Morgan fingerprint density at radius 2 is 1.90 bits per heavy atom. The molecule has 21 heavy (non-hydrogen) atoms. The van der Waals surface area contributed by atoms with Gasteiger partial charge in [0.1, 0.15) is 6.04 Å². The first kappa shape index (κ1) is 17.2. The lowest BCUT2D eigenvalue weighted by Gasteiger charge is -2.19. The number of primary amides is 1. The molecule has 0 saturated heterocycles. The summed E-state index contributed by atoms with van der Waals surface area (Å²) in [6.07, 6.45) is 3.47. The first-order valence-corrected chi connectivity index (χ1v) is 7.47. The lowest BCUT2D eigenvalue weighted by Crippen LogP contribution is -2.47.